The Labute approximate surface area is 220 Å². The number of hydrogen-bond donors (Lipinski definition) is 3. The fourth-order valence-electron chi connectivity index (χ4n) is 4.01. The molecule has 0 bridgehead atoms. The van der Waals surface area contributed by atoms with E-state index in [2.05, 4.69) is 10.6 Å². The third-order valence-corrected chi connectivity index (χ3v) is 5.90. The number of nitrogens with one attached hydrogen (secondary N) is 2. The second-order valence-electron chi connectivity index (χ2n) is 8.89. The number of aromatic hydroxyl groups is 1. The van der Waals surface area contributed by atoms with Crippen LogP contribution in [0.3, 0.4) is 0 Å². The van der Waals surface area contributed by atoms with Gasteiger partial charge < -0.3 is 34.4 Å². The van der Waals surface area contributed by atoms with Gasteiger partial charge in [-0.25, -0.2) is 4.79 Å². The number of benzene rings is 2. The largest absolute Gasteiger partial charge is 0.507 e. The Balaban J connectivity index is 1.98. The van der Waals surface area contributed by atoms with Crippen molar-refractivity contribution >= 4 is 23.2 Å². The van der Waals surface area contributed by atoms with E-state index in [9.17, 15) is 19.5 Å². The van der Waals surface area contributed by atoms with Gasteiger partial charge in [0.1, 0.15) is 11.5 Å². The molecule has 0 unspecified atom stereocenters. The van der Waals surface area contributed by atoms with Crippen LogP contribution in [0.5, 0.6) is 23.0 Å². The molecule has 0 aliphatic rings. The van der Waals surface area contributed by atoms with E-state index < -0.39 is 17.5 Å². The molecule has 2 amide bonds. The van der Waals surface area contributed by atoms with Crippen LogP contribution < -0.4 is 30.5 Å². The molecule has 3 rings (SSSR count). The average molecular weight is 525 g/mol. The van der Waals surface area contributed by atoms with Gasteiger partial charge in [-0.3, -0.25) is 9.59 Å². The van der Waals surface area contributed by atoms with Gasteiger partial charge in [-0.05, 0) is 37.3 Å². The number of amides is 2. The van der Waals surface area contributed by atoms with Crippen LogP contribution in [0.15, 0.2) is 51.7 Å². The number of methoxy groups -OCH3 is 3. The van der Waals surface area contributed by atoms with E-state index in [1.54, 1.807) is 50.2 Å². The highest BCUT2D eigenvalue weighted by atomic mass is 16.5. The monoisotopic (exact) mass is 524 g/mol. The lowest BCUT2D eigenvalue weighted by molar-refractivity contribution is -0.119. The van der Waals surface area contributed by atoms with E-state index in [-0.39, 0.29) is 46.8 Å². The quantitative estimate of drug-likeness (QED) is 0.354. The van der Waals surface area contributed by atoms with Gasteiger partial charge in [0.15, 0.2) is 11.5 Å². The molecule has 0 spiro atoms. The third-order valence-electron chi connectivity index (χ3n) is 5.90. The number of aryl methyl sites for hydroxylation is 1. The Hall–Kier alpha value is -4.47. The minimum absolute atomic E-state index is 0.0944. The Morgan fingerprint density at radius 3 is 2.05 bits per heavy atom. The molecule has 1 heterocycles. The molecule has 0 aliphatic carbocycles. The molecule has 0 saturated heterocycles. The van der Waals surface area contributed by atoms with E-state index in [1.165, 1.54) is 34.3 Å². The van der Waals surface area contributed by atoms with Crippen LogP contribution in [0.25, 0.3) is 0 Å². The van der Waals surface area contributed by atoms with Crippen molar-refractivity contribution in [3.05, 3.63) is 69.8 Å². The number of hydrogen-bond acceptors (Lipinski definition) is 8. The summed E-state index contributed by atoms with van der Waals surface area (Å²) >= 11 is 0. The van der Waals surface area contributed by atoms with Crippen molar-refractivity contribution in [2.24, 2.45) is 5.92 Å². The summed E-state index contributed by atoms with van der Waals surface area (Å²) in [7, 11) is 4.34. The van der Waals surface area contributed by atoms with E-state index >= 15 is 0 Å². The van der Waals surface area contributed by atoms with Crippen molar-refractivity contribution in [3.63, 3.8) is 0 Å². The molecule has 3 aromatic rings. The first-order valence-electron chi connectivity index (χ1n) is 11.9. The Morgan fingerprint density at radius 1 is 0.921 bits per heavy atom. The number of carbonyl (C=O) groups is 2. The predicted molar refractivity (Wildman–Crippen MR) is 142 cm³/mol. The summed E-state index contributed by atoms with van der Waals surface area (Å²) in [6.45, 7) is 5.12. The Bertz CT molecular complexity index is 1360. The molecule has 0 fully saturated rings. The van der Waals surface area contributed by atoms with Gasteiger partial charge >= 0.3 is 5.63 Å². The molecular formula is C28H32N2O8. The molecule has 3 N–H and O–H groups in total. The molecular weight excluding hydrogens is 492 g/mol. The highest BCUT2D eigenvalue weighted by Crippen LogP contribution is 2.46. The molecule has 10 heteroatoms. The summed E-state index contributed by atoms with van der Waals surface area (Å²) in [4.78, 5) is 38.0. The molecule has 2 aromatic carbocycles. The minimum Gasteiger partial charge on any atom is -0.507 e. The molecule has 38 heavy (non-hydrogen) atoms. The van der Waals surface area contributed by atoms with Crippen molar-refractivity contribution in [2.75, 3.05) is 32.0 Å². The SMILES string of the molecule is COc1ccc([C@@H](CC(=O)Nc2ccc(NC(=O)C(C)C)cc2)c2c(O)cc(C)oc2=O)c(OC)c1OC. The van der Waals surface area contributed by atoms with E-state index in [4.69, 9.17) is 18.6 Å². The van der Waals surface area contributed by atoms with Gasteiger partial charge in [0, 0.05) is 41.3 Å². The lowest BCUT2D eigenvalue weighted by Gasteiger charge is -2.22. The summed E-state index contributed by atoms with van der Waals surface area (Å²) < 4.78 is 21.7. The summed E-state index contributed by atoms with van der Waals surface area (Å²) in [5.74, 6) is -0.859. The number of carbonyl (C=O) groups excluding carboxylic acids is 2. The molecule has 0 aliphatic heterocycles. The summed E-state index contributed by atoms with van der Waals surface area (Å²) in [6.07, 6.45) is -0.237. The number of rotatable bonds is 10. The Morgan fingerprint density at radius 2 is 1.53 bits per heavy atom. The third kappa shape index (κ3) is 6.26. The lowest BCUT2D eigenvalue weighted by Crippen LogP contribution is -2.22. The van der Waals surface area contributed by atoms with Crippen molar-refractivity contribution in [3.8, 4) is 23.0 Å². The van der Waals surface area contributed by atoms with Gasteiger partial charge in [-0.2, -0.15) is 0 Å². The fraction of sp³-hybridized carbons (Fsp3) is 0.321. The smallest absolute Gasteiger partial charge is 0.343 e. The van der Waals surface area contributed by atoms with Crippen LogP contribution in [0, 0.1) is 12.8 Å². The molecule has 202 valence electrons. The second-order valence-corrected chi connectivity index (χ2v) is 8.89. The summed E-state index contributed by atoms with van der Waals surface area (Å²) in [6, 6.07) is 11.2. The minimum atomic E-state index is -0.953. The highest BCUT2D eigenvalue weighted by molar-refractivity contribution is 5.94. The van der Waals surface area contributed by atoms with Gasteiger partial charge in [-0.15, -0.1) is 0 Å². The molecule has 0 saturated carbocycles. The zero-order valence-corrected chi connectivity index (χ0v) is 22.2. The molecule has 10 nitrogen and oxygen atoms in total. The van der Waals surface area contributed by atoms with Crippen molar-refractivity contribution in [1.29, 1.82) is 0 Å². The van der Waals surface area contributed by atoms with Crippen LogP contribution in [0.2, 0.25) is 0 Å². The van der Waals surface area contributed by atoms with Gasteiger partial charge in [0.05, 0.1) is 26.9 Å². The average Bonchev–Trinajstić information content (AvgIpc) is 2.87. The van der Waals surface area contributed by atoms with E-state index in [0.29, 0.717) is 22.7 Å². The zero-order valence-electron chi connectivity index (χ0n) is 22.2. The number of ether oxygens (including phenoxy) is 3. The van der Waals surface area contributed by atoms with Crippen molar-refractivity contribution in [1.82, 2.24) is 0 Å². The van der Waals surface area contributed by atoms with Gasteiger partial charge in [0.2, 0.25) is 17.6 Å². The standard InChI is InChI=1S/C28H32N2O8/c1-15(2)27(33)30-18-9-7-17(8-10-18)29-23(32)14-20(24-21(31)13-16(3)38-28(24)34)19-11-12-22(35-4)26(37-6)25(19)36-5/h7-13,15,20,31H,14H2,1-6H3,(H,29,32)(H,30,33)/t20-/m1/s1. The van der Waals surface area contributed by atoms with Crippen LogP contribution in [0.4, 0.5) is 11.4 Å². The second kappa shape index (κ2) is 12.2. The number of anilines is 2. The maximum absolute atomic E-state index is 13.2. The predicted octanol–water partition coefficient (Wildman–Crippen LogP) is 4.43. The normalized spacial score (nSPS) is 11.6. The lowest BCUT2D eigenvalue weighted by atomic mass is 9.87. The first kappa shape index (κ1) is 28.1. The van der Waals surface area contributed by atoms with E-state index in [1.807, 2.05) is 0 Å². The molecule has 1 aromatic heterocycles. The van der Waals surface area contributed by atoms with Crippen molar-refractivity contribution < 1.29 is 33.3 Å². The first-order chi connectivity index (χ1) is 18.1. The zero-order chi connectivity index (χ0) is 28.0. The van der Waals surface area contributed by atoms with Crippen molar-refractivity contribution in [2.45, 2.75) is 33.1 Å². The van der Waals surface area contributed by atoms with Gasteiger partial charge in [0.25, 0.3) is 0 Å². The van der Waals surface area contributed by atoms with Crippen LogP contribution >= 0.6 is 0 Å². The van der Waals surface area contributed by atoms with E-state index in [0.717, 1.165) is 0 Å². The maximum atomic E-state index is 13.2. The van der Waals surface area contributed by atoms with Crippen LogP contribution in [0.1, 0.15) is 43.1 Å². The van der Waals surface area contributed by atoms with Crippen LogP contribution in [-0.2, 0) is 9.59 Å². The highest BCUT2D eigenvalue weighted by Gasteiger charge is 2.30. The topological polar surface area (TPSA) is 136 Å². The van der Waals surface area contributed by atoms with Gasteiger partial charge in [-0.1, -0.05) is 19.9 Å². The summed E-state index contributed by atoms with van der Waals surface area (Å²) in [5.41, 5.74) is 0.622. The maximum Gasteiger partial charge on any atom is 0.343 e. The van der Waals surface area contributed by atoms with Crippen LogP contribution in [-0.4, -0.2) is 38.3 Å². The Kier molecular flexibility index (Phi) is 9.01. The first-order valence-corrected chi connectivity index (χ1v) is 11.9. The summed E-state index contributed by atoms with van der Waals surface area (Å²) in [5, 5.41) is 16.3. The molecule has 0 radical (unpaired) electrons. The molecule has 1 atom stereocenters. The fourth-order valence-corrected chi connectivity index (χ4v) is 4.01.